The average Bonchev–Trinajstić information content (AvgIpc) is 2.95. The number of aromatic nitrogens is 4. The van der Waals surface area contributed by atoms with Crippen LogP contribution in [-0.4, -0.2) is 32.0 Å². The van der Waals surface area contributed by atoms with Gasteiger partial charge in [-0.15, -0.1) is 11.6 Å². The van der Waals surface area contributed by atoms with Crippen LogP contribution in [-0.2, 0) is 6.54 Å². The van der Waals surface area contributed by atoms with Gasteiger partial charge in [-0.1, -0.05) is 30.3 Å². The Morgan fingerprint density at radius 1 is 1.24 bits per heavy atom. The molecule has 0 saturated carbocycles. The van der Waals surface area contributed by atoms with Crippen molar-refractivity contribution in [3.63, 3.8) is 0 Å². The Balaban J connectivity index is 2.00. The number of hydrogen-bond donors (Lipinski definition) is 0. The lowest BCUT2D eigenvalue weighted by Gasteiger charge is -2.24. The molecule has 1 aromatic carbocycles. The molecule has 0 spiro atoms. The molecule has 0 aliphatic carbocycles. The van der Waals surface area contributed by atoms with Crippen molar-refractivity contribution in [3.05, 3.63) is 54.0 Å². The molecule has 0 aliphatic heterocycles. The minimum atomic E-state index is 0.546. The molecular formula is C15H16ClN5. The second-order valence-corrected chi connectivity index (χ2v) is 5.20. The summed E-state index contributed by atoms with van der Waals surface area (Å²) in [6.45, 7) is 3.46. The van der Waals surface area contributed by atoms with Crippen LogP contribution in [0.5, 0.6) is 0 Å². The third-order valence-corrected chi connectivity index (χ3v) is 3.42. The summed E-state index contributed by atoms with van der Waals surface area (Å²) in [5, 5.41) is 4.26. The molecule has 0 N–H and O–H groups in total. The molecule has 0 saturated heterocycles. The van der Waals surface area contributed by atoms with Crippen LogP contribution in [0.1, 0.15) is 11.3 Å². The molecule has 2 heterocycles. The molecule has 6 heteroatoms. The average molecular weight is 302 g/mol. The molecule has 0 unspecified atom stereocenters. The van der Waals surface area contributed by atoms with Crippen LogP contribution in [0.4, 0.5) is 5.82 Å². The first-order valence-corrected chi connectivity index (χ1v) is 7.33. The van der Waals surface area contributed by atoms with Crippen molar-refractivity contribution in [1.82, 2.24) is 19.6 Å². The lowest BCUT2D eigenvalue weighted by atomic mass is 10.2. The second kappa shape index (κ2) is 6.10. The highest BCUT2D eigenvalue weighted by Gasteiger charge is 2.13. The van der Waals surface area contributed by atoms with Crippen molar-refractivity contribution in [2.75, 3.05) is 17.3 Å². The fourth-order valence-electron chi connectivity index (χ4n) is 2.32. The first kappa shape index (κ1) is 13.8. The fourth-order valence-corrected chi connectivity index (χ4v) is 2.52. The van der Waals surface area contributed by atoms with Crippen LogP contribution in [0.25, 0.3) is 5.78 Å². The van der Waals surface area contributed by atoms with E-state index in [1.807, 2.05) is 31.2 Å². The zero-order valence-corrected chi connectivity index (χ0v) is 12.5. The van der Waals surface area contributed by atoms with Crippen LogP contribution in [0.15, 0.2) is 42.7 Å². The van der Waals surface area contributed by atoms with Crippen molar-refractivity contribution in [1.29, 1.82) is 0 Å². The predicted molar refractivity (Wildman–Crippen MR) is 83.7 cm³/mol. The topological polar surface area (TPSA) is 46.3 Å². The predicted octanol–water partition coefficient (Wildman–Crippen LogP) is 2.68. The SMILES string of the molecule is Cc1cc(N(CCCl)Cc2ccccc2)n2ncnc2n1. The summed E-state index contributed by atoms with van der Waals surface area (Å²) < 4.78 is 1.75. The molecule has 3 rings (SSSR count). The van der Waals surface area contributed by atoms with E-state index in [1.165, 1.54) is 11.9 Å². The molecule has 108 valence electrons. The monoisotopic (exact) mass is 301 g/mol. The minimum Gasteiger partial charge on any atom is -0.351 e. The zero-order valence-electron chi connectivity index (χ0n) is 11.8. The molecule has 0 radical (unpaired) electrons. The molecule has 0 fully saturated rings. The number of hydrogen-bond acceptors (Lipinski definition) is 4. The van der Waals surface area contributed by atoms with Crippen LogP contribution in [0, 0.1) is 6.92 Å². The van der Waals surface area contributed by atoms with Crippen molar-refractivity contribution >= 4 is 23.2 Å². The number of anilines is 1. The molecule has 2 aromatic heterocycles. The van der Waals surface area contributed by atoms with Crippen LogP contribution in [0.3, 0.4) is 0 Å². The maximum atomic E-state index is 5.97. The maximum absolute atomic E-state index is 5.97. The van der Waals surface area contributed by atoms with Gasteiger partial charge in [0.15, 0.2) is 0 Å². The zero-order chi connectivity index (χ0) is 14.7. The second-order valence-electron chi connectivity index (χ2n) is 4.82. The number of aryl methyl sites for hydroxylation is 1. The summed E-state index contributed by atoms with van der Waals surface area (Å²) in [4.78, 5) is 10.7. The molecule has 0 aliphatic rings. The number of benzene rings is 1. The molecular weight excluding hydrogens is 286 g/mol. The third-order valence-electron chi connectivity index (χ3n) is 3.26. The van der Waals surface area contributed by atoms with Gasteiger partial charge in [-0.25, -0.2) is 4.98 Å². The Bertz CT molecular complexity index is 725. The van der Waals surface area contributed by atoms with E-state index in [9.17, 15) is 0 Å². The highest BCUT2D eigenvalue weighted by Crippen LogP contribution is 2.18. The number of nitrogens with zero attached hydrogens (tertiary/aromatic N) is 5. The number of rotatable bonds is 5. The molecule has 21 heavy (non-hydrogen) atoms. The van der Waals surface area contributed by atoms with Gasteiger partial charge in [0.2, 0.25) is 0 Å². The normalized spacial score (nSPS) is 11.0. The maximum Gasteiger partial charge on any atom is 0.254 e. The van der Waals surface area contributed by atoms with E-state index >= 15 is 0 Å². The lowest BCUT2D eigenvalue weighted by molar-refractivity contribution is 0.775. The molecule has 0 amide bonds. The van der Waals surface area contributed by atoms with Gasteiger partial charge in [-0.05, 0) is 12.5 Å². The number of fused-ring (bicyclic) bond motifs is 1. The van der Waals surface area contributed by atoms with Gasteiger partial charge in [0.05, 0.1) is 0 Å². The molecule has 5 nitrogen and oxygen atoms in total. The van der Waals surface area contributed by atoms with Crippen molar-refractivity contribution < 1.29 is 0 Å². The third kappa shape index (κ3) is 2.97. The molecule has 0 atom stereocenters. The number of halogens is 1. The Morgan fingerprint density at radius 2 is 2.05 bits per heavy atom. The Hall–Kier alpha value is -2.14. The quantitative estimate of drug-likeness (QED) is 0.680. The largest absolute Gasteiger partial charge is 0.351 e. The first-order valence-electron chi connectivity index (χ1n) is 6.80. The van der Waals surface area contributed by atoms with E-state index in [4.69, 9.17) is 11.6 Å². The van der Waals surface area contributed by atoms with E-state index in [0.717, 1.165) is 24.6 Å². The molecule has 3 aromatic rings. The highest BCUT2D eigenvalue weighted by molar-refractivity contribution is 6.18. The van der Waals surface area contributed by atoms with Crippen LogP contribution in [0.2, 0.25) is 0 Å². The van der Waals surface area contributed by atoms with Gasteiger partial charge in [0.25, 0.3) is 5.78 Å². The van der Waals surface area contributed by atoms with E-state index in [-0.39, 0.29) is 0 Å². The van der Waals surface area contributed by atoms with E-state index in [1.54, 1.807) is 4.52 Å². The van der Waals surface area contributed by atoms with Crippen LogP contribution >= 0.6 is 11.6 Å². The summed E-state index contributed by atoms with van der Waals surface area (Å²) in [7, 11) is 0. The summed E-state index contributed by atoms with van der Waals surface area (Å²) in [6, 6.07) is 12.3. The van der Waals surface area contributed by atoms with Gasteiger partial charge in [-0.2, -0.15) is 14.6 Å². The number of alkyl halides is 1. The fraction of sp³-hybridized carbons (Fsp3) is 0.267. The minimum absolute atomic E-state index is 0.546. The summed E-state index contributed by atoms with van der Waals surface area (Å²) in [6.07, 6.45) is 1.52. The van der Waals surface area contributed by atoms with Gasteiger partial charge in [-0.3, -0.25) is 0 Å². The van der Waals surface area contributed by atoms with Crippen LogP contribution < -0.4 is 4.90 Å². The smallest absolute Gasteiger partial charge is 0.254 e. The van der Waals surface area contributed by atoms with Gasteiger partial charge < -0.3 is 4.90 Å². The lowest BCUT2D eigenvalue weighted by Crippen LogP contribution is -2.27. The van der Waals surface area contributed by atoms with E-state index < -0.39 is 0 Å². The Morgan fingerprint density at radius 3 is 2.81 bits per heavy atom. The highest BCUT2D eigenvalue weighted by atomic mass is 35.5. The van der Waals surface area contributed by atoms with Gasteiger partial charge in [0, 0.05) is 30.7 Å². The standard InChI is InChI=1S/C15H16ClN5/c1-12-9-14(21-15(19-12)17-11-18-21)20(8-7-16)10-13-5-3-2-4-6-13/h2-6,9,11H,7-8,10H2,1H3. The van der Waals surface area contributed by atoms with E-state index in [0.29, 0.717) is 11.7 Å². The van der Waals surface area contributed by atoms with Crippen molar-refractivity contribution in [3.8, 4) is 0 Å². The van der Waals surface area contributed by atoms with Crippen molar-refractivity contribution in [2.24, 2.45) is 0 Å². The summed E-state index contributed by atoms with van der Waals surface area (Å²) in [5.74, 6) is 2.11. The summed E-state index contributed by atoms with van der Waals surface area (Å²) >= 11 is 5.97. The summed E-state index contributed by atoms with van der Waals surface area (Å²) in [5.41, 5.74) is 2.14. The first-order chi connectivity index (χ1) is 10.3. The van der Waals surface area contributed by atoms with Gasteiger partial charge >= 0.3 is 0 Å². The molecule has 0 bridgehead atoms. The van der Waals surface area contributed by atoms with Crippen molar-refractivity contribution in [2.45, 2.75) is 13.5 Å². The Kier molecular flexibility index (Phi) is 4.01. The Labute approximate surface area is 128 Å². The van der Waals surface area contributed by atoms with Gasteiger partial charge in [0.1, 0.15) is 12.1 Å². The van der Waals surface area contributed by atoms with E-state index in [2.05, 4.69) is 32.1 Å².